The van der Waals surface area contributed by atoms with Crippen molar-refractivity contribution < 1.29 is 0 Å². The molecule has 0 aliphatic heterocycles. The van der Waals surface area contributed by atoms with Crippen LogP contribution in [0, 0.1) is 5.41 Å². The molecule has 2 rings (SSSR count). The maximum absolute atomic E-state index is 7.37. The first-order valence-electron chi connectivity index (χ1n) is 5.26. The molecule has 1 aromatic heterocycles. The number of nitrogens with two attached hydrogens (primary N) is 1. The molecule has 18 heavy (non-hydrogen) atoms. The van der Waals surface area contributed by atoms with Crippen molar-refractivity contribution in [3.05, 3.63) is 34.7 Å². The smallest absolute Gasteiger partial charge is 0.106 e. The van der Waals surface area contributed by atoms with Gasteiger partial charge in [-0.1, -0.05) is 0 Å². The second kappa shape index (κ2) is 5.14. The van der Waals surface area contributed by atoms with Gasteiger partial charge in [0.05, 0.1) is 21.9 Å². The largest absolute Gasteiger partial charge is 0.398 e. The minimum Gasteiger partial charge on any atom is -0.398 e. The Bertz CT molecular complexity index is 636. The molecule has 0 saturated heterocycles. The summed E-state index contributed by atoms with van der Waals surface area (Å²) < 4.78 is 0.725. The van der Waals surface area contributed by atoms with Gasteiger partial charge in [-0.05, 0) is 28.1 Å². The molecule has 0 spiro atoms. The molecule has 0 fully saturated rings. The summed E-state index contributed by atoms with van der Waals surface area (Å²) in [4.78, 5) is 8.79. The molecule has 0 bridgehead atoms. The van der Waals surface area contributed by atoms with Crippen LogP contribution >= 0.6 is 15.9 Å². The molecule has 0 atom stereocenters. The fraction of sp³-hybridized carbons (Fsp3) is 0.0833. The lowest BCUT2D eigenvalue weighted by Crippen LogP contribution is -2.00. The van der Waals surface area contributed by atoms with Crippen LogP contribution in [0.3, 0.4) is 0 Å². The predicted octanol–water partition coefficient (Wildman–Crippen LogP) is 2.18. The first-order valence-corrected chi connectivity index (χ1v) is 6.05. The van der Waals surface area contributed by atoms with E-state index < -0.39 is 0 Å². The highest BCUT2D eigenvalue weighted by Crippen LogP contribution is 2.27. The van der Waals surface area contributed by atoms with Gasteiger partial charge in [0.25, 0.3) is 0 Å². The van der Waals surface area contributed by atoms with Crippen LogP contribution in [-0.2, 0) is 0 Å². The van der Waals surface area contributed by atoms with Gasteiger partial charge in [0.1, 0.15) is 5.52 Å². The van der Waals surface area contributed by atoms with E-state index in [1.54, 1.807) is 25.5 Å². The summed E-state index contributed by atoms with van der Waals surface area (Å²) in [5.41, 5.74) is 9.16. The third-order valence-corrected chi connectivity index (χ3v) is 3.27. The number of fused-ring (bicyclic) bond motifs is 1. The normalized spacial score (nSPS) is 11.6. The molecule has 6 heteroatoms. The Kier molecular flexibility index (Phi) is 3.57. The number of nitrogen functional groups attached to an aromatic ring is 1. The van der Waals surface area contributed by atoms with Crippen LogP contribution in [-0.4, -0.2) is 23.2 Å². The van der Waals surface area contributed by atoms with Crippen molar-refractivity contribution in [2.24, 2.45) is 0 Å². The second-order valence-electron chi connectivity index (χ2n) is 3.62. The molecule has 0 amide bonds. The monoisotopic (exact) mass is 305 g/mol. The van der Waals surface area contributed by atoms with Crippen molar-refractivity contribution in [3.8, 4) is 0 Å². The minimum atomic E-state index is 0.614. The SMILES string of the molecule is CN/C=C(\C=N)c1cnc2ccc(N)c(Br)c2n1. The van der Waals surface area contributed by atoms with Gasteiger partial charge >= 0.3 is 0 Å². The first kappa shape index (κ1) is 12.5. The average Bonchev–Trinajstić information content (AvgIpc) is 2.40. The molecule has 0 unspecified atom stereocenters. The number of anilines is 1. The first-order chi connectivity index (χ1) is 8.67. The summed E-state index contributed by atoms with van der Waals surface area (Å²) in [6.45, 7) is 0. The fourth-order valence-corrected chi connectivity index (χ4v) is 1.97. The van der Waals surface area contributed by atoms with Crippen LogP contribution in [0.1, 0.15) is 5.69 Å². The third kappa shape index (κ3) is 2.19. The van der Waals surface area contributed by atoms with Crippen molar-refractivity contribution in [3.63, 3.8) is 0 Å². The van der Waals surface area contributed by atoms with Crippen molar-refractivity contribution in [1.29, 1.82) is 5.41 Å². The Balaban J connectivity index is 2.66. The van der Waals surface area contributed by atoms with Crippen molar-refractivity contribution in [1.82, 2.24) is 15.3 Å². The lowest BCUT2D eigenvalue weighted by Gasteiger charge is -2.06. The van der Waals surface area contributed by atoms with Gasteiger partial charge in [-0.3, -0.25) is 4.98 Å². The summed E-state index contributed by atoms with van der Waals surface area (Å²) in [6.07, 6.45) is 4.56. The molecule has 5 nitrogen and oxygen atoms in total. The molecule has 2 aromatic rings. The van der Waals surface area contributed by atoms with Gasteiger partial charge in [-0.15, -0.1) is 0 Å². The van der Waals surface area contributed by atoms with Crippen LogP contribution in [0.25, 0.3) is 16.6 Å². The number of benzene rings is 1. The number of hydrogen-bond acceptors (Lipinski definition) is 5. The van der Waals surface area contributed by atoms with Crippen molar-refractivity contribution >= 4 is 44.4 Å². The molecule has 0 aliphatic rings. The Morgan fingerprint density at radius 3 is 2.94 bits per heavy atom. The number of hydrogen-bond donors (Lipinski definition) is 3. The molecule has 92 valence electrons. The number of halogens is 1. The molecular weight excluding hydrogens is 294 g/mol. The molecule has 0 aliphatic carbocycles. The van der Waals surface area contributed by atoms with E-state index in [0.717, 1.165) is 9.99 Å². The Morgan fingerprint density at radius 1 is 1.50 bits per heavy atom. The Morgan fingerprint density at radius 2 is 2.28 bits per heavy atom. The molecule has 4 N–H and O–H groups in total. The quantitative estimate of drug-likeness (QED) is 0.599. The Labute approximate surface area is 113 Å². The highest BCUT2D eigenvalue weighted by atomic mass is 79.9. The van der Waals surface area contributed by atoms with Crippen LogP contribution in [0.2, 0.25) is 0 Å². The highest BCUT2D eigenvalue weighted by Gasteiger charge is 2.08. The van der Waals surface area contributed by atoms with E-state index in [2.05, 4.69) is 31.2 Å². The molecular formula is C12H12BrN5. The van der Waals surface area contributed by atoms with Gasteiger partial charge in [-0.25, -0.2) is 4.98 Å². The lowest BCUT2D eigenvalue weighted by molar-refractivity contribution is 1.10. The third-order valence-electron chi connectivity index (χ3n) is 2.43. The lowest BCUT2D eigenvalue weighted by atomic mass is 10.2. The van der Waals surface area contributed by atoms with Crippen molar-refractivity contribution in [2.75, 3.05) is 12.8 Å². The zero-order valence-corrected chi connectivity index (χ0v) is 11.3. The van der Waals surface area contributed by atoms with Crippen LogP contribution in [0.5, 0.6) is 0 Å². The number of allylic oxidation sites excluding steroid dienone is 1. The molecule has 0 saturated carbocycles. The van der Waals surface area contributed by atoms with Gasteiger partial charge in [0.2, 0.25) is 0 Å². The number of nitrogens with zero attached hydrogens (tertiary/aromatic N) is 2. The average molecular weight is 306 g/mol. The van der Waals surface area contributed by atoms with E-state index in [0.29, 0.717) is 22.5 Å². The minimum absolute atomic E-state index is 0.614. The highest BCUT2D eigenvalue weighted by molar-refractivity contribution is 9.10. The summed E-state index contributed by atoms with van der Waals surface area (Å²) in [6, 6.07) is 3.60. The fourth-order valence-electron chi connectivity index (χ4n) is 1.54. The van der Waals surface area contributed by atoms with Gasteiger partial charge in [-0.2, -0.15) is 0 Å². The van der Waals surface area contributed by atoms with E-state index in [4.69, 9.17) is 11.1 Å². The van der Waals surface area contributed by atoms with Crippen LogP contribution in [0.4, 0.5) is 5.69 Å². The maximum Gasteiger partial charge on any atom is 0.106 e. The van der Waals surface area contributed by atoms with Gasteiger partial charge in [0, 0.05) is 30.7 Å². The van der Waals surface area contributed by atoms with E-state index in [1.807, 2.05) is 6.07 Å². The zero-order chi connectivity index (χ0) is 13.1. The second-order valence-corrected chi connectivity index (χ2v) is 4.42. The van der Waals surface area contributed by atoms with Gasteiger partial charge < -0.3 is 16.5 Å². The van der Waals surface area contributed by atoms with Crippen LogP contribution in [0.15, 0.2) is 29.0 Å². The molecule has 1 aromatic carbocycles. The zero-order valence-electron chi connectivity index (χ0n) is 9.74. The van der Waals surface area contributed by atoms with E-state index in [1.165, 1.54) is 6.21 Å². The predicted molar refractivity (Wildman–Crippen MR) is 77.5 cm³/mol. The van der Waals surface area contributed by atoms with E-state index >= 15 is 0 Å². The molecule has 0 radical (unpaired) electrons. The van der Waals surface area contributed by atoms with Crippen molar-refractivity contribution in [2.45, 2.75) is 0 Å². The summed E-state index contributed by atoms with van der Waals surface area (Å²) >= 11 is 3.41. The number of nitrogens with one attached hydrogen (secondary N) is 2. The van der Waals surface area contributed by atoms with Gasteiger partial charge in [0.15, 0.2) is 0 Å². The topological polar surface area (TPSA) is 87.7 Å². The van der Waals surface area contributed by atoms with E-state index in [-0.39, 0.29) is 0 Å². The number of rotatable bonds is 3. The number of aromatic nitrogens is 2. The maximum atomic E-state index is 7.37. The Hall–Kier alpha value is -1.95. The summed E-state index contributed by atoms with van der Waals surface area (Å²) in [7, 11) is 1.77. The molecule has 1 heterocycles. The summed E-state index contributed by atoms with van der Waals surface area (Å²) in [5, 5.41) is 10.2. The summed E-state index contributed by atoms with van der Waals surface area (Å²) in [5.74, 6) is 0. The standard InChI is InChI=1S/C12H12BrN5/c1-16-5-7(4-14)10-6-17-9-3-2-8(15)11(13)12(9)18-10/h2-6,14,16H,15H2,1H3/b7-5+,14-4?. The van der Waals surface area contributed by atoms with E-state index in [9.17, 15) is 0 Å². The van der Waals surface area contributed by atoms with Crippen LogP contribution < -0.4 is 11.1 Å².